The summed E-state index contributed by atoms with van der Waals surface area (Å²) in [5.74, 6) is 0.660. The van der Waals surface area contributed by atoms with Gasteiger partial charge in [-0.2, -0.15) is 0 Å². The number of nitrogens with one attached hydrogen (secondary N) is 1. The molecule has 0 radical (unpaired) electrons. The largest absolute Gasteiger partial charge is 0.312 e. The lowest BCUT2D eigenvalue weighted by molar-refractivity contribution is 0.553. The molecule has 1 N–H and O–H groups in total. The number of rotatable bonds is 4. The van der Waals surface area contributed by atoms with Gasteiger partial charge in [0.2, 0.25) is 0 Å². The molecule has 0 aliphatic carbocycles. The van der Waals surface area contributed by atoms with Crippen LogP contribution in [-0.4, -0.2) is 6.54 Å². The van der Waals surface area contributed by atoms with Crippen LogP contribution < -0.4 is 5.32 Å². The van der Waals surface area contributed by atoms with Crippen molar-refractivity contribution in [1.29, 1.82) is 0 Å². The van der Waals surface area contributed by atoms with Gasteiger partial charge < -0.3 is 5.32 Å². The van der Waals surface area contributed by atoms with Crippen molar-refractivity contribution in [3.05, 3.63) is 20.3 Å². The Morgan fingerprint density at radius 1 is 1.46 bits per heavy atom. The van der Waals surface area contributed by atoms with Gasteiger partial charge in [-0.05, 0) is 24.1 Å². The lowest BCUT2D eigenvalue weighted by Crippen LogP contribution is -2.18. The molecule has 4 heteroatoms. The quantitative estimate of drug-likeness (QED) is 0.841. The van der Waals surface area contributed by atoms with Gasteiger partial charge in [-0.1, -0.05) is 37.0 Å². The molecule has 1 nitrogen and oxygen atoms in total. The minimum absolute atomic E-state index is 0.660. The first-order valence-electron chi connectivity index (χ1n) is 4.24. The van der Waals surface area contributed by atoms with Crippen molar-refractivity contribution >= 4 is 34.5 Å². The molecule has 0 atom stereocenters. The van der Waals surface area contributed by atoms with Gasteiger partial charge >= 0.3 is 0 Å². The topological polar surface area (TPSA) is 12.0 Å². The van der Waals surface area contributed by atoms with Gasteiger partial charge in [0.15, 0.2) is 0 Å². The van der Waals surface area contributed by atoms with Gasteiger partial charge in [-0.15, -0.1) is 11.3 Å². The zero-order valence-corrected chi connectivity index (χ0v) is 10.1. The standard InChI is InChI=1S/C9H13Cl2NS/c1-6(2)4-12-5-7-3-8(10)13-9(7)11/h3,6,12H,4-5H2,1-2H3. The maximum Gasteiger partial charge on any atom is 0.0989 e. The second-order valence-corrected chi connectivity index (χ2v) is 5.66. The third-order valence-electron chi connectivity index (χ3n) is 1.60. The maximum absolute atomic E-state index is 5.95. The predicted molar refractivity (Wildman–Crippen MR) is 60.9 cm³/mol. The van der Waals surface area contributed by atoms with E-state index in [9.17, 15) is 0 Å². The summed E-state index contributed by atoms with van der Waals surface area (Å²) in [5, 5.41) is 3.32. The fraction of sp³-hybridized carbons (Fsp3) is 0.556. The van der Waals surface area contributed by atoms with Crippen molar-refractivity contribution in [2.24, 2.45) is 5.92 Å². The molecule has 0 saturated heterocycles. The Labute approximate surface area is 93.1 Å². The minimum Gasteiger partial charge on any atom is -0.312 e. The molecule has 0 fully saturated rings. The maximum atomic E-state index is 5.95. The van der Waals surface area contributed by atoms with Gasteiger partial charge in [0, 0.05) is 6.54 Å². The first kappa shape index (κ1) is 11.3. The van der Waals surface area contributed by atoms with Crippen LogP contribution in [0, 0.1) is 5.92 Å². The zero-order valence-electron chi connectivity index (χ0n) is 7.73. The van der Waals surface area contributed by atoms with E-state index in [4.69, 9.17) is 23.2 Å². The number of halogens is 2. The Hall–Kier alpha value is 0.240. The molecule has 0 unspecified atom stereocenters. The van der Waals surface area contributed by atoms with Gasteiger partial charge in [0.1, 0.15) is 0 Å². The molecule has 0 saturated carbocycles. The van der Waals surface area contributed by atoms with Crippen LogP contribution in [-0.2, 0) is 6.54 Å². The highest BCUT2D eigenvalue weighted by Crippen LogP contribution is 2.30. The van der Waals surface area contributed by atoms with Crippen LogP contribution in [0.1, 0.15) is 19.4 Å². The average molecular weight is 238 g/mol. The Morgan fingerprint density at radius 2 is 2.15 bits per heavy atom. The molecular formula is C9H13Cl2NS. The molecule has 1 rings (SSSR count). The van der Waals surface area contributed by atoms with Crippen LogP contribution in [0.3, 0.4) is 0 Å². The monoisotopic (exact) mass is 237 g/mol. The van der Waals surface area contributed by atoms with Crippen LogP contribution in [0.15, 0.2) is 6.07 Å². The van der Waals surface area contributed by atoms with Crippen LogP contribution in [0.4, 0.5) is 0 Å². The lowest BCUT2D eigenvalue weighted by Gasteiger charge is -2.05. The summed E-state index contributed by atoms with van der Waals surface area (Å²) in [6, 6.07) is 1.92. The predicted octanol–water partition coefficient (Wildman–Crippen LogP) is 3.80. The SMILES string of the molecule is CC(C)CNCc1cc(Cl)sc1Cl. The molecule has 0 amide bonds. The highest BCUT2D eigenvalue weighted by atomic mass is 35.5. The van der Waals surface area contributed by atoms with E-state index in [1.165, 1.54) is 11.3 Å². The van der Waals surface area contributed by atoms with Gasteiger partial charge in [0.05, 0.1) is 8.67 Å². The van der Waals surface area contributed by atoms with E-state index in [0.29, 0.717) is 5.92 Å². The first-order valence-corrected chi connectivity index (χ1v) is 5.81. The summed E-state index contributed by atoms with van der Waals surface area (Å²) in [6.07, 6.45) is 0. The smallest absolute Gasteiger partial charge is 0.0989 e. The second kappa shape index (κ2) is 5.20. The first-order chi connectivity index (χ1) is 6.09. The molecular weight excluding hydrogens is 225 g/mol. The van der Waals surface area contributed by atoms with Crippen molar-refractivity contribution in [2.45, 2.75) is 20.4 Å². The summed E-state index contributed by atoms with van der Waals surface area (Å²) in [7, 11) is 0. The number of hydrogen-bond acceptors (Lipinski definition) is 2. The summed E-state index contributed by atoms with van der Waals surface area (Å²) >= 11 is 13.2. The molecule has 74 valence electrons. The summed E-state index contributed by atoms with van der Waals surface area (Å²) in [4.78, 5) is 0. The average Bonchev–Trinajstić information content (AvgIpc) is 2.29. The fourth-order valence-electron chi connectivity index (χ4n) is 0.990. The van der Waals surface area contributed by atoms with Gasteiger partial charge in [-0.3, -0.25) is 0 Å². The molecule has 0 spiro atoms. The minimum atomic E-state index is 0.660. The van der Waals surface area contributed by atoms with E-state index in [0.717, 1.165) is 27.3 Å². The summed E-state index contributed by atoms with van der Waals surface area (Å²) in [5.41, 5.74) is 1.09. The Kier molecular flexibility index (Phi) is 4.53. The zero-order chi connectivity index (χ0) is 9.84. The molecule has 13 heavy (non-hydrogen) atoms. The van der Waals surface area contributed by atoms with E-state index in [1.54, 1.807) is 0 Å². The highest BCUT2D eigenvalue weighted by Gasteiger charge is 2.04. The van der Waals surface area contributed by atoms with Crippen LogP contribution >= 0.6 is 34.5 Å². The molecule has 0 bridgehead atoms. The molecule has 1 heterocycles. The van der Waals surface area contributed by atoms with Crippen molar-refractivity contribution in [3.8, 4) is 0 Å². The summed E-state index contributed by atoms with van der Waals surface area (Å²) < 4.78 is 1.55. The third-order valence-corrected chi connectivity index (χ3v) is 3.16. The fourth-order valence-corrected chi connectivity index (χ4v) is 2.48. The molecule has 0 aliphatic rings. The molecule has 0 aromatic carbocycles. The van der Waals surface area contributed by atoms with Crippen molar-refractivity contribution < 1.29 is 0 Å². The van der Waals surface area contributed by atoms with E-state index in [2.05, 4.69) is 19.2 Å². The van der Waals surface area contributed by atoms with Crippen molar-refractivity contribution in [2.75, 3.05) is 6.54 Å². The molecule has 1 aromatic rings. The molecule has 1 aromatic heterocycles. The second-order valence-electron chi connectivity index (χ2n) is 3.37. The van der Waals surface area contributed by atoms with Crippen LogP contribution in [0.5, 0.6) is 0 Å². The number of hydrogen-bond donors (Lipinski definition) is 1. The van der Waals surface area contributed by atoms with Gasteiger partial charge in [-0.25, -0.2) is 0 Å². The van der Waals surface area contributed by atoms with Crippen LogP contribution in [0.2, 0.25) is 8.67 Å². The Bertz CT molecular complexity index is 271. The third kappa shape index (κ3) is 3.86. The van der Waals surface area contributed by atoms with E-state index in [1.807, 2.05) is 6.07 Å². The Morgan fingerprint density at radius 3 is 2.62 bits per heavy atom. The number of thiophene rings is 1. The lowest BCUT2D eigenvalue weighted by atomic mass is 10.2. The van der Waals surface area contributed by atoms with E-state index in [-0.39, 0.29) is 0 Å². The highest BCUT2D eigenvalue weighted by molar-refractivity contribution is 7.20. The van der Waals surface area contributed by atoms with E-state index >= 15 is 0 Å². The van der Waals surface area contributed by atoms with Crippen molar-refractivity contribution in [1.82, 2.24) is 5.32 Å². The Balaban J connectivity index is 2.40. The van der Waals surface area contributed by atoms with Gasteiger partial charge in [0.25, 0.3) is 0 Å². The summed E-state index contributed by atoms with van der Waals surface area (Å²) in [6.45, 7) is 6.16. The van der Waals surface area contributed by atoms with Crippen LogP contribution in [0.25, 0.3) is 0 Å². The van der Waals surface area contributed by atoms with E-state index < -0.39 is 0 Å². The van der Waals surface area contributed by atoms with Crippen molar-refractivity contribution in [3.63, 3.8) is 0 Å². The molecule has 0 aliphatic heterocycles. The normalized spacial score (nSPS) is 11.2.